The molecule has 3 aliphatic heterocycles. The lowest BCUT2D eigenvalue weighted by molar-refractivity contribution is -0.137. The highest BCUT2D eigenvalue weighted by Gasteiger charge is 2.72. The molecule has 4 N–H and O–H groups in total. The van der Waals surface area contributed by atoms with Gasteiger partial charge >= 0.3 is 6.09 Å². The van der Waals surface area contributed by atoms with Gasteiger partial charge in [-0.25, -0.2) is 4.79 Å². The summed E-state index contributed by atoms with van der Waals surface area (Å²) in [5.74, 6) is -0.955. The third-order valence-electron chi connectivity index (χ3n) is 7.38. The molecule has 2 saturated heterocycles. The van der Waals surface area contributed by atoms with E-state index >= 15 is 0 Å². The van der Waals surface area contributed by atoms with Gasteiger partial charge in [-0.1, -0.05) is 19.3 Å². The molecule has 1 saturated carbocycles. The number of nitrogens with zero attached hydrogens (tertiary/aromatic N) is 1. The number of fused-ring (bicyclic) bond motifs is 4. The van der Waals surface area contributed by atoms with Crippen LogP contribution in [0.3, 0.4) is 0 Å². The van der Waals surface area contributed by atoms with Crippen molar-refractivity contribution in [3.63, 3.8) is 0 Å². The number of nitrogens with two attached hydrogens (primary N) is 1. The average molecular weight is 416 g/mol. The molecule has 5 aliphatic rings. The van der Waals surface area contributed by atoms with Crippen LogP contribution in [0.15, 0.2) is 22.5 Å². The fraction of sp³-hybridized carbons (Fsp3) is 0.667. The first-order valence-electron chi connectivity index (χ1n) is 10.7. The fourth-order valence-electron chi connectivity index (χ4n) is 5.92. The highest BCUT2D eigenvalue weighted by molar-refractivity contribution is 6.25. The van der Waals surface area contributed by atoms with E-state index in [9.17, 15) is 14.4 Å². The first kappa shape index (κ1) is 19.6. The summed E-state index contributed by atoms with van der Waals surface area (Å²) in [6.45, 7) is 2.17. The number of hydrogen-bond acceptors (Lipinski definition) is 8. The van der Waals surface area contributed by atoms with Crippen molar-refractivity contribution in [3.8, 4) is 0 Å². The maximum absolute atomic E-state index is 13.7. The molecule has 0 aromatic rings. The largest absolute Gasteiger partial charge is 0.449 e. The smallest absolute Gasteiger partial charge is 0.404 e. The molecule has 0 aromatic heterocycles. The van der Waals surface area contributed by atoms with Crippen molar-refractivity contribution in [3.05, 3.63) is 22.5 Å². The molecule has 0 radical (unpaired) electrons. The Morgan fingerprint density at radius 3 is 2.67 bits per heavy atom. The summed E-state index contributed by atoms with van der Waals surface area (Å²) in [5.41, 5.74) is 5.87. The number of ketones is 2. The second-order valence-corrected chi connectivity index (χ2v) is 8.90. The van der Waals surface area contributed by atoms with Gasteiger partial charge in [-0.2, -0.15) is 0 Å². The Kier molecular flexibility index (Phi) is 4.44. The molecule has 0 aromatic carbocycles. The molecule has 3 fully saturated rings. The molecule has 4 atom stereocenters. The van der Waals surface area contributed by atoms with E-state index < -0.39 is 17.7 Å². The molecule has 2 aliphatic carbocycles. The summed E-state index contributed by atoms with van der Waals surface area (Å²) in [6, 6.07) is 0.337. The average Bonchev–Trinajstić information content (AvgIpc) is 3.35. The molecule has 3 heterocycles. The van der Waals surface area contributed by atoms with Gasteiger partial charge < -0.3 is 30.7 Å². The number of hydrogen-bond donors (Lipinski definition) is 3. The van der Waals surface area contributed by atoms with E-state index in [4.69, 9.17) is 15.2 Å². The van der Waals surface area contributed by atoms with Crippen LogP contribution in [-0.2, 0) is 19.1 Å². The molecule has 2 unspecified atom stereocenters. The summed E-state index contributed by atoms with van der Waals surface area (Å²) < 4.78 is 11.1. The Morgan fingerprint density at radius 2 is 2.00 bits per heavy atom. The zero-order valence-corrected chi connectivity index (χ0v) is 17.3. The topological polar surface area (TPSA) is 133 Å². The van der Waals surface area contributed by atoms with Gasteiger partial charge in [0.25, 0.3) is 0 Å². The third kappa shape index (κ3) is 2.58. The van der Waals surface area contributed by atoms with Crippen molar-refractivity contribution in [1.29, 1.82) is 0 Å². The Morgan fingerprint density at radius 1 is 1.27 bits per heavy atom. The van der Waals surface area contributed by atoms with Crippen LogP contribution in [0.2, 0.25) is 0 Å². The zero-order chi connectivity index (χ0) is 21.2. The lowest BCUT2D eigenvalue weighted by atomic mass is 9.82. The Labute approximate surface area is 175 Å². The summed E-state index contributed by atoms with van der Waals surface area (Å²) in [6.07, 6.45) is 4.49. The maximum atomic E-state index is 13.7. The van der Waals surface area contributed by atoms with Crippen LogP contribution in [-0.4, -0.2) is 66.7 Å². The van der Waals surface area contributed by atoms with Gasteiger partial charge in [0, 0.05) is 36.9 Å². The van der Waals surface area contributed by atoms with Crippen LogP contribution in [0.25, 0.3) is 0 Å². The fourth-order valence-corrected chi connectivity index (χ4v) is 5.92. The minimum absolute atomic E-state index is 0.0368. The minimum atomic E-state index is -0.934. The predicted molar refractivity (Wildman–Crippen MR) is 106 cm³/mol. The van der Waals surface area contributed by atoms with Gasteiger partial charge in [-0.15, -0.1) is 0 Å². The van der Waals surface area contributed by atoms with E-state index in [2.05, 4.69) is 10.6 Å². The lowest BCUT2D eigenvalue weighted by Gasteiger charge is -2.39. The molecular weight excluding hydrogens is 388 g/mol. The normalized spacial score (nSPS) is 35.4. The molecule has 30 heavy (non-hydrogen) atoms. The molecule has 0 bridgehead atoms. The molecule has 162 valence electrons. The van der Waals surface area contributed by atoms with Gasteiger partial charge in [0.05, 0.1) is 23.4 Å². The SMILES string of the molecule is CO[C@]12C3NC3CN1C1=C(C(=O)C(NC3CCCCC3)=C(C)C1=O)[C@H]2COC(N)=O. The number of rotatable bonds is 5. The first-order valence-corrected chi connectivity index (χ1v) is 10.7. The highest BCUT2D eigenvalue weighted by atomic mass is 16.6. The highest BCUT2D eigenvalue weighted by Crippen LogP contribution is 2.55. The van der Waals surface area contributed by atoms with Crippen molar-refractivity contribution in [2.24, 2.45) is 11.7 Å². The number of carbonyl (C=O) groups is 3. The van der Waals surface area contributed by atoms with Gasteiger partial charge in [0.2, 0.25) is 11.6 Å². The van der Waals surface area contributed by atoms with Crippen LogP contribution in [0.4, 0.5) is 4.79 Å². The van der Waals surface area contributed by atoms with Crippen molar-refractivity contribution in [2.45, 2.75) is 62.9 Å². The molecule has 0 spiro atoms. The van der Waals surface area contributed by atoms with Crippen LogP contribution in [0.5, 0.6) is 0 Å². The number of primary amides is 1. The van der Waals surface area contributed by atoms with E-state index in [0.29, 0.717) is 29.1 Å². The summed E-state index contributed by atoms with van der Waals surface area (Å²) in [4.78, 5) is 40.4. The molecular formula is C21H28N4O5. The lowest BCUT2D eigenvalue weighted by Crippen LogP contribution is -2.55. The summed E-state index contributed by atoms with van der Waals surface area (Å²) in [5, 5.41) is 6.73. The van der Waals surface area contributed by atoms with Gasteiger partial charge in [-0.05, 0) is 19.8 Å². The number of amides is 1. The molecule has 1 amide bonds. The van der Waals surface area contributed by atoms with Gasteiger partial charge in [0.1, 0.15) is 6.61 Å². The Balaban J connectivity index is 1.53. The quantitative estimate of drug-likeness (QED) is 0.431. The van der Waals surface area contributed by atoms with Crippen LogP contribution in [0.1, 0.15) is 39.0 Å². The van der Waals surface area contributed by atoms with Gasteiger partial charge in [0.15, 0.2) is 5.72 Å². The zero-order valence-electron chi connectivity index (χ0n) is 17.3. The maximum Gasteiger partial charge on any atom is 0.404 e. The van der Waals surface area contributed by atoms with Crippen molar-refractivity contribution >= 4 is 17.7 Å². The number of nitrogens with one attached hydrogen (secondary N) is 2. The van der Waals surface area contributed by atoms with Crippen LogP contribution < -0.4 is 16.4 Å². The number of methoxy groups -OCH3 is 1. The number of Topliss-reactive ketones (excluding diaryl/α,β-unsaturated/α-hetero) is 2. The standard InChI is InChI=1S/C21H28N4O5/c1-10-15(23-11-6-4-3-5-7-11)18(27)14-12(9-30-20(22)28)21(29-2)19-13(24-19)8-25(21)16(14)17(10)26/h11-13,19,23-24H,3-9H2,1-2H3,(H2,22,28)/t12-,13?,19?,21-/m1/s1. The Bertz CT molecular complexity index is 890. The monoisotopic (exact) mass is 416 g/mol. The van der Waals surface area contributed by atoms with Crippen LogP contribution >= 0.6 is 0 Å². The number of piperazine rings is 1. The van der Waals surface area contributed by atoms with Crippen LogP contribution in [0, 0.1) is 5.92 Å². The van der Waals surface area contributed by atoms with Gasteiger partial charge in [-0.3, -0.25) is 9.59 Å². The molecule has 9 nitrogen and oxygen atoms in total. The van der Waals surface area contributed by atoms with Crippen molar-refractivity contribution in [1.82, 2.24) is 15.5 Å². The van der Waals surface area contributed by atoms with E-state index in [1.807, 2.05) is 4.90 Å². The number of ether oxygens (including phenoxy) is 2. The first-order chi connectivity index (χ1) is 14.4. The van der Waals surface area contributed by atoms with E-state index in [1.165, 1.54) is 6.42 Å². The predicted octanol–water partition coefficient (Wildman–Crippen LogP) is 0.312. The summed E-state index contributed by atoms with van der Waals surface area (Å²) >= 11 is 0. The van der Waals surface area contributed by atoms with E-state index in [-0.39, 0.29) is 36.3 Å². The Hall–Kier alpha value is -2.39. The molecule has 5 rings (SSSR count). The second kappa shape index (κ2) is 6.81. The number of carbonyl (C=O) groups excluding carboxylic acids is 3. The second-order valence-electron chi connectivity index (χ2n) is 8.90. The third-order valence-corrected chi connectivity index (χ3v) is 7.38. The van der Waals surface area contributed by atoms with E-state index in [1.54, 1.807) is 14.0 Å². The molecule has 9 heteroatoms. The number of allylic oxidation sites excluding steroid dienone is 2. The summed E-state index contributed by atoms with van der Waals surface area (Å²) in [7, 11) is 1.57. The van der Waals surface area contributed by atoms with Crippen molar-refractivity contribution in [2.75, 3.05) is 20.3 Å². The van der Waals surface area contributed by atoms with Crippen molar-refractivity contribution < 1.29 is 23.9 Å². The van der Waals surface area contributed by atoms with E-state index in [0.717, 1.165) is 25.7 Å². The minimum Gasteiger partial charge on any atom is -0.449 e.